The Balaban J connectivity index is 2.27. The van der Waals surface area contributed by atoms with E-state index in [1.807, 2.05) is 24.3 Å². The van der Waals surface area contributed by atoms with E-state index in [1.165, 1.54) is 0 Å². The Morgan fingerprint density at radius 3 is 2.47 bits per heavy atom. The Hall–Kier alpha value is -2.04. The Morgan fingerprint density at radius 2 is 1.89 bits per heavy atom. The standard InChI is InChI=1S/C15H18N4/c1-12-10-18(2)11-15(7-8-16)19(12)14-5-3-13(9-17)4-6-14/h3-6,12,15H,7,10-11H2,1-2H3. The summed E-state index contributed by atoms with van der Waals surface area (Å²) in [5, 5.41) is 17.8. The van der Waals surface area contributed by atoms with Gasteiger partial charge in [0.25, 0.3) is 0 Å². The zero-order chi connectivity index (χ0) is 13.8. The highest BCUT2D eigenvalue weighted by molar-refractivity contribution is 5.52. The third kappa shape index (κ3) is 2.86. The van der Waals surface area contributed by atoms with Gasteiger partial charge in [0, 0.05) is 24.8 Å². The van der Waals surface area contributed by atoms with E-state index in [-0.39, 0.29) is 6.04 Å². The molecule has 2 rings (SSSR count). The molecule has 2 atom stereocenters. The Kier molecular flexibility index (Phi) is 4.04. The quantitative estimate of drug-likeness (QED) is 0.809. The first-order chi connectivity index (χ1) is 9.15. The van der Waals surface area contributed by atoms with Gasteiger partial charge in [-0.15, -0.1) is 0 Å². The predicted molar refractivity (Wildman–Crippen MR) is 74.6 cm³/mol. The minimum atomic E-state index is 0.215. The van der Waals surface area contributed by atoms with E-state index in [9.17, 15) is 0 Å². The van der Waals surface area contributed by atoms with Crippen LogP contribution in [0.5, 0.6) is 0 Å². The van der Waals surface area contributed by atoms with Gasteiger partial charge in [0.05, 0.1) is 30.2 Å². The molecule has 1 aliphatic rings. The average Bonchev–Trinajstić information content (AvgIpc) is 2.39. The number of benzene rings is 1. The van der Waals surface area contributed by atoms with Crippen molar-refractivity contribution >= 4 is 5.69 Å². The SMILES string of the molecule is CC1CN(C)CC(CC#N)N1c1ccc(C#N)cc1. The summed E-state index contributed by atoms with van der Waals surface area (Å²) in [5.41, 5.74) is 1.77. The summed E-state index contributed by atoms with van der Waals surface area (Å²) in [6.45, 7) is 4.07. The lowest BCUT2D eigenvalue weighted by Gasteiger charge is -2.45. The fraction of sp³-hybridized carbons (Fsp3) is 0.467. The first-order valence-corrected chi connectivity index (χ1v) is 6.49. The van der Waals surface area contributed by atoms with E-state index in [1.54, 1.807) is 0 Å². The van der Waals surface area contributed by atoms with Crippen molar-refractivity contribution in [2.24, 2.45) is 0 Å². The summed E-state index contributed by atoms with van der Waals surface area (Å²) in [5.74, 6) is 0. The highest BCUT2D eigenvalue weighted by atomic mass is 15.3. The van der Waals surface area contributed by atoms with Gasteiger partial charge >= 0.3 is 0 Å². The van der Waals surface area contributed by atoms with Gasteiger partial charge in [-0.25, -0.2) is 0 Å². The van der Waals surface area contributed by atoms with Gasteiger partial charge < -0.3 is 9.80 Å². The molecule has 0 saturated carbocycles. The molecule has 0 aromatic heterocycles. The Morgan fingerprint density at radius 1 is 1.21 bits per heavy atom. The summed E-state index contributed by atoms with van der Waals surface area (Å²) in [6, 6.07) is 12.6. The van der Waals surface area contributed by atoms with Crippen molar-refractivity contribution in [2.45, 2.75) is 25.4 Å². The molecule has 98 valence electrons. The molecule has 1 heterocycles. The highest BCUT2D eigenvalue weighted by Crippen LogP contribution is 2.25. The molecule has 0 amide bonds. The second-order valence-corrected chi connectivity index (χ2v) is 5.15. The Bertz CT molecular complexity index is 508. The summed E-state index contributed by atoms with van der Waals surface area (Å²) in [6.07, 6.45) is 0.523. The summed E-state index contributed by atoms with van der Waals surface area (Å²) < 4.78 is 0. The number of nitrogens with zero attached hydrogens (tertiary/aromatic N) is 4. The zero-order valence-electron chi connectivity index (χ0n) is 11.4. The predicted octanol–water partition coefficient (Wildman–Crippen LogP) is 1.98. The van der Waals surface area contributed by atoms with Crippen LogP contribution in [0.25, 0.3) is 0 Å². The molecule has 1 fully saturated rings. The van der Waals surface area contributed by atoms with Gasteiger partial charge in [0.15, 0.2) is 0 Å². The maximum atomic E-state index is 9.00. The van der Waals surface area contributed by atoms with Crippen molar-refractivity contribution in [1.29, 1.82) is 10.5 Å². The molecule has 1 aromatic carbocycles. The van der Waals surface area contributed by atoms with E-state index in [4.69, 9.17) is 10.5 Å². The first-order valence-electron chi connectivity index (χ1n) is 6.49. The number of piperazine rings is 1. The number of likely N-dealkylation sites (N-methyl/N-ethyl adjacent to an activating group) is 1. The summed E-state index contributed by atoms with van der Waals surface area (Å²) >= 11 is 0. The van der Waals surface area contributed by atoms with E-state index in [0.717, 1.165) is 18.8 Å². The molecular weight excluding hydrogens is 236 g/mol. The fourth-order valence-electron chi connectivity index (χ4n) is 2.86. The van der Waals surface area contributed by atoms with Crippen molar-refractivity contribution in [3.63, 3.8) is 0 Å². The van der Waals surface area contributed by atoms with Crippen LogP contribution < -0.4 is 4.90 Å². The topological polar surface area (TPSA) is 54.1 Å². The smallest absolute Gasteiger partial charge is 0.0991 e. The lowest BCUT2D eigenvalue weighted by atomic mass is 10.0. The van der Waals surface area contributed by atoms with Crippen molar-refractivity contribution < 1.29 is 0 Å². The molecule has 4 nitrogen and oxygen atoms in total. The highest BCUT2D eigenvalue weighted by Gasteiger charge is 2.30. The van der Waals surface area contributed by atoms with Crippen LogP contribution in [0.3, 0.4) is 0 Å². The van der Waals surface area contributed by atoms with Crippen molar-refractivity contribution in [1.82, 2.24) is 4.90 Å². The lowest BCUT2D eigenvalue weighted by molar-refractivity contribution is 0.233. The molecule has 1 aromatic rings. The zero-order valence-corrected chi connectivity index (χ0v) is 11.4. The number of hydrogen-bond donors (Lipinski definition) is 0. The third-order valence-corrected chi connectivity index (χ3v) is 3.59. The van der Waals surface area contributed by atoms with Crippen molar-refractivity contribution in [3.8, 4) is 12.1 Å². The molecule has 0 aliphatic carbocycles. The van der Waals surface area contributed by atoms with Crippen LogP contribution in [-0.4, -0.2) is 37.1 Å². The third-order valence-electron chi connectivity index (χ3n) is 3.59. The molecule has 0 bridgehead atoms. The summed E-state index contributed by atoms with van der Waals surface area (Å²) in [7, 11) is 2.09. The molecule has 0 spiro atoms. The van der Waals surface area contributed by atoms with E-state index in [0.29, 0.717) is 18.0 Å². The van der Waals surface area contributed by atoms with Crippen LogP contribution in [0.4, 0.5) is 5.69 Å². The molecule has 1 aliphatic heterocycles. The molecular formula is C15H18N4. The molecule has 2 unspecified atom stereocenters. The maximum absolute atomic E-state index is 9.00. The minimum absolute atomic E-state index is 0.215. The second-order valence-electron chi connectivity index (χ2n) is 5.15. The van der Waals surface area contributed by atoms with Crippen LogP contribution in [0.2, 0.25) is 0 Å². The second kappa shape index (κ2) is 5.73. The van der Waals surface area contributed by atoms with E-state index in [2.05, 4.69) is 35.9 Å². The Labute approximate surface area is 114 Å². The van der Waals surface area contributed by atoms with Gasteiger partial charge in [-0.05, 0) is 38.2 Å². The molecule has 19 heavy (non-hydrogen) atoms. The van der Waals surface area contributed by atoms with Crippen LogP contribution in [0.1, 0.15) is 18.9 Å². The van der Waals surface area contributed by atoms with Crippen LogP contribution in [0, 0.1) is 22.7 Å². The molecule has 0 radical (unpaired) electrons. The van der Waals surface area contributed by atoms with Gasteiger partial charge in [0.1, 0.15) is 0 Å². The van der Waals surface area contributed by atoms with Gasteiger partial charge in [-0.3, -0.25) is 0 Å². The van der Waals surface area contributed by atoms with Crippen LogP contribution in [-0.2, 0) is 0 Å². The van der Waals surface area contributed by atoms with Crippen molar-refractivity contribution in [3.05, 3.63) is 29.8 Å². The monoisotopic (exact) mass is 254 g/mol. The number of nitriles is 2. The van der Waals surface area contributed by atoms with Gasteiger partial charge in [-0.2, -0.15) is 10.5 Å². The molecule has 1 saturated heterocycles. The van der Waals surface area contributed by atoms with Gasteiger partial charge in [-0.1, -0.05) is 0 Å². The number of rotatable bonds is 2. The van der Waals surface area contributed by atoms with Gasteiger partial charge in [0.2, 0.25) is 0 Å². The lowest BCUT2D eigenvalue weighted by Crippen LogP contribution is -2.56. The number of anilines is 1. The van der Waals surface area contributed by atoms with Crippen molar-refractivity contribution in [2.75, 3.05) is 25.0 Å². The van der Waals surface area contributed by atoms with Crippen LogP contribution >= 0.6 is 0 Å². The summed E-state index contributed by atoms with van der Waals surface area (Å²) in [4.78, 5) is 4.58. The average molecular weight is 254 g/mol. The minimum Gasteiger partial charge on any atom is -0.362 e. The normalized spacial score (nSPS) is 23.7. The largest absolute Gasteiger partial charge is 0.362 e. The van der Waals surface area contributed by atoms with Crippen LogP contribution in [0.15, 0.2) is 24.3 Å². The first kappa shape index (κ1) is 13.4. The maximum Gasteiger partial charge on any atom is 0.0991 e. The van der Waals surface area contributed by atoms with E-state index < -0.39 is 0 Å². The number of hydrogen-bond acceptors (Lipinski definition) is 4. The molecule has 0 N–H and O–H groups in total. The molecule has 4 heteroatoms. The van der Waals surface area contributed by atoms with E-state index >= 15 is 0 Å². The fourth-order valence-corrected chi connectivity index (χ4v) is 2.86.